The van der Waals surface area contributed by atoms with E-state index in [1.807, 2.05) is 0 Å². The first-order valence-electron chi connectivity index (χ1n) is 6.10. The van der Waals surface area contributed by atoms with Crippen molar-refractivity contribution in [1.82, 2.24) is 4.90 Å². The largest absolute Gasteiger partial charge is 0.394 e. The van der Waals surface area contributed by atoms with Crippen LogP contribution in [0.15, 0.2) is 18.2 Å². The average molecular weight is 281 g/mol. The highest BCUT2D eigenvalue weighted by Gasteiger charge is 2.29. The molecular formula is C13H19N3O4. The Morgan fingerprint density at radius 1 is 1.50 bits per heavy atom. The molecule has 1 aromatic carbocycles. The zero-order valence-electron chi connectivity index (χ0n) is 12.0. The lowest BCUT2D eigenvalue weighted by Gasteiger charge is -2.34. The van der Waals surface area contributed by atoms with Crippen molar-refractivity contribution in [2.75, 3.05) is 26.0 Å². The first-order valence-corrected chi connectivity index (χ1v) is 6.10. The molecule has 0 aliphatic carbocycles. The van der Waals surface area contributed by atoms with Gasteiger partial charge in [-0.05, 0) is 19.9 Å². The zero-order chi connectivity index (χ0) is 15.5. The number of likely N-dealkylation sites (N-methyl/N-ethyl adjacent to an activating group) is 1. The van der Waals surface area contributed by atoms with Crippen molar-refractivity contribution in [2.24, 2.45) is 0 Å². The Labute approximate surface area is 117 Å². The van der Waals surface area contributed by atoms with Crippen LogP contribution in [0.1, 0.15) is 24.2 Å². The smallest absolute Gasteiger partial charge is 0.270 e. The van der Waals surface area contributed by atoms with Gasteiger partial charge in [0, 0.05) is 31.9 Å². The van der Waals surface area contributed by atoms with Crippen LogP contribution < -0.4 is 5.32 Å². The zero-order valence-corrected chi connectivity index (χ0v) is 12.0. The maximum Gasteiger partial charge on any atom is 0.270 e. The molecular weight excluding hydrogens is 262 g/mol. The average Bonchev–Trinajstić information content (AvgIpc) is 2.44. The lowest BCUT2D eigenvalue weighted by molar-refractivity contribution is -0.384. The summed E-state index contributed by atoms with van der Waals surface area (Å²) in [4.78, 5) is 24.1. The Morgan fingerprint density at radius 2 is 2.10 bits per heavy atom. The van der Waals surface area contributed by atoms with Crippen LogP contribution in [-0.2, 0) is 0 Å². The van der Waals surface area contributed by atoms with Gasteiger partial charge in [-0.3, -0.25) is 14.9 Å². The molecule has 110 valence electrons. The Morgan fingerprint density at radius 3 is 2.55 bits per heavy atom. The molecule has 0 atom stereocenters. The van der Waals surface area contributed by atoms with Crippen LogP contribution in [0.5, 0.6) is 0 Å². The molecule has 0 fully saturated rings. The molecule has 0 unspecified atom stereocenters. The third kappa shape index (κ3) is 3.05. The molecule has 0 saturated carbocycles. The van der Waals surface area contributed by atoms with E-state index < -0.39 is 16.4 Å². The second-order valence-corrected chi connectivity index (χ2v) is 5.07. The van der Waals surface area contributed by atoms with Gasteiger partial charge in [0.25, 0.3) is 11.6 Å². The van der Waals surface area contributed by atoms with Gasteiger partial charge >= 0.3 is 0 Å². The lowest BCUT2D eigenvalue weighted by atomic mass is 10.0. The van der Waals surface area contributed by atoms with Crippen molar-refractivity contribution in [3.8, 4) is 0 Å². The Hall–Kier alpha value is -2.15. The number of nitrogens with one attached hydrogen (secondary N) is 1. The van der Waals surface area contributed by atoms with Crippen molar-refractivity contribution >= 4 is 17.3 Å². The van der Waals surface area contributed by atoms with Crippen molar-refractivity contribution < 1.29 is 14.8 Å². The van der Waals surface area contributed by atoms with Crippen molar-refractivity contribution in [2.45, 2.75) is 19.4 Å². The van der Waals surface area contributed by atoms with Crippen LogP contribution in [0.4, 0.5) is 11.4 Å². The molecule has 0 aliphatic heterocycles. The maximum absolute atomic E-state index is 12.5. The van der Waals surface area contributed by atoms with Gasteiger partial charge in [-0.2, -0.15) is 0 Å². The number of aliphatic hydroxyl groups is 1. The van der Waals surface area contributed by atoms with Crippen LogP contribution in [0.3, 0.4) is 0 Å². The number of amides is 1. The number of nitrogens with zero attached hydrogens (tertiary/aromatic N) is 2. The molecule has 0 radical (unpaired) electrons. The molecule has 0 saturated heterocycles. The van der Waals surface area contributed by atoms with Gasteiger partial charge in [-0.15, -0.1) is 0 Å². The van der Waals surface area contributed by atoms with E-state index in [0.717, 1.165) is 0 Å². The van der Waals surface area contributed by atoms with Crippen LogP contribution in [0.2, 0.25) is 0 Å². The molecule has 1 amide bonds. The normalized spacial score (nSPS) is 11.1. The second-order valence-electron chi connectivity index (χ2n) is 5.07. The maximum atomic E-state index is 12.5. The molecule has 7 nitrogen and oxygen atoms in total. The van der Waals surface area contributed by atoms with Gasteiger partial charge in [0.2, 0.25) is 0 Å². The van der Waals surface area contributed by atoms with E-state index >= 15 is 0 Å². The first kappa shape index (κ1) is 15.9. The summed E-state index contributed by atoms with van der Waals surface area (Å²) in [6, 6.07) is 4.06. The van der Waals surface area contributed by atoms with Gasteiger partial charge < -0.3 is 15.3 Å². The van der Waals surface area contributed by atoms with Gasteiger partial charge in [0.15, 0.2) is 0 Å². The molecule has 0 aliphatic rings. The minimum absolute atomic E-state index is 0.150. The molecule has 0 spiro atoms. The van der Waals surface area contributed by atoms with E-state index in [1.165, 1.54) is 23.1 Å². The van der Waals surface area contributed by atoms with Gasteiger partial charge in [-0.25, -0.2) is 0 Å². The summed E-state index contributed by atoms with van der Waals surface area (Å²) in [5, 5.41) is 23.0. The monoisotopic (exact) mass is 281 g/mol. The summed E-state index contributed by atoms with van der Waals surface area (Å²) in [5.41, 5.74) is -0.207. The third-order valence-electron chi connectivity index (χ3n) is 3.31. The van der Waals surface area contributed by atoms with Gasteiger partial charge in [-0.1, -0.05) is 0 Å². The number of hydrogen-bond donors (Lipinski definition) is 2. The Balaban J connectivity index is 3.26. The highest BCUT2D eigenvalue weighted by molar-refractivity contribution is 6.00. The minimum Gasteiger partial charge on any atom is -0.394 e. The van der Waals surface area contributed by atoms with Gasteiger partial charge in [0.05, 0.1) is 22.6 Å². The molecule has 0 aromatic heterocycles. The number of carbonyl (C=O) groups excluding carboxylic acids is 1. The standard InChI is InChI=1S/C13H19N3O4/c1-13(2,8-17)15(4)12(18)10-7-9(16(19)20)5-6-11(10)14-3/h5-7,14,17H,8H2,1-4H3. The summed E-state index contributed by atoms with van der Waals surface area (Å²) in [6.07, 6.45) is 0. The first-order chi connectivity index (χ1) is 9.24. The summed E-state index contributed by atoms with van der Waals surface area (Å²) in [6.45, 7) is 3.21. The van der Waals surface area contributed by atoms with Crippen LogP contribution in [0, 0.1) is 10.1 Å². The molecule has 2 N–H and O–H groups in total. The summed E-state index contributed by atoms with van der Waals surface area (Å²) < 4.78 is 0. The quantitative estimate of drug-likeness (QED) is 0.629. The van der Waals surface area contributed by atoms with E-state index in [2.05, 4.69) is 5.32 Å². The fourth-order valence-electron chi connectivity index (χ4n) is 1.60. The highest BCUT2D eigenvalue weighted by atomic mass is 16.6. The second kappa shape index (κ2) is 5.87. The number of nitro groups is 1. The molecule has 0 heterocycles. The fourth-order valence-corrected chi connectivity index (χ4v) is 1.60. The molecule has 20 heavy (non-hydrogen) atoms. The molecule has 0 bridgehead atoms. The Bertz CT molecular complexity index is 528. The number of carbonyl (C=O) groups is 1. The van der Waals surface area contributed by atoms with E-state index in [0.29, 0.717) is 5.69 Å². The number of non-ortho nitro benzene ring substituents is 1. The third-order valence-corrected chi connectivity index (χ3v) is 3.31. The van der Waals surface area contributed by atoms with Crippen LogP contribution in [0.25, 0.3) is 0 Å². The van der Waals surface area contributed by atoms with E-state index in [1.54, 1.807) is 27.9 Å². The predicted molar refractivity (Wildman–Crippen MR) is 75.9 cm³/mol. The van der Waals surface area contributed by atoms with Crippen molar-refractivity contribution in [1.29, 1.82) is 0 Å². The fraction of sp³-hybridized carbons (Fsp3) is 0.462. The predicted octanol–water partition coefficient (Wildman–Crippen LogP) is 1.48. The summed E-state index contributed by atoms with van der Waals surface area (Å²) in [7, 11) is 3.19. The molecule has 1 rings (SSSR count). The molecule has 7 heteroatoms. The lowest BCUT2D eigenvalue weighted by Crippen LogP contribution is -2.47. The van der Waals surface area contributed by atoms with Crippen molar-refractivity contribution in [3.05, 3.63) is 33.9 Å². The Kier molecular flexibility index (Phi) is 4.67. The number of hydrogen-bond acceptors (Lipinski definition) is 5. The number of benzene rings is 1. The number of rotatable bonds is 5. The topological polar surface area (TPSA) is 95.7 Å². The van der Waals surface area contributed by atoms with Gasteiger partial charge in [0.1, 0.15) is 0 Å². The number of aliphatic hydroxyl groups excluding tert-OH is 1. The van der Waals surface area contributed by atoms with Crippen molar-refractivity contribution in [3.63, 3.8) is 0 Å². The van der Waals surface area contributed by atoms with Crippen LogP contribution in [-0.4, -0.2) is 47.1 Å². The van der Waals surface area contributed by atoms with E-state index in [-0.39, 0.29) is 17.9 Å². The number of nitro benzene ring substituents is 1. The summed E-state index contributed by atoms with van der Waals surface area (Å²) >= 11 is 0. The highest BCUT2D eigenvalue weighted by Crippen LogP contribution is 2.25. The molecule has 1 aromatic rings. The van der Waals surface area contributed by atoms with E-state index in [4.69, 9.17) is 0 Å². The minimum atomic E-state index is -0.757. The number of anilines is 1. The van der Waals surface area contributed by atoms with Crippen LogP contribution >= 0.6 is 0 Å². The van der Waals surface area contributed by atoms with E-state index in [9.17, 15) is 20.0 Å². The summed E-state index contributed by atoms with van der Waals surface area (Å²) in [5.74, 6) is -0.392. The SMILES string of the molecule is CNc1ccc([N+](=O)[O-])cc1C(=O)N(C)C(C)(C)CO.